The van der Waals surface area contributed by atoms with Gasteiger partial charge in [-0.05, 0) is 25.0 Å². The van der Waals surface area contributed by atoms with Crippen LogP contribution in [0.5, 0.6) is 0 Å². The third-order valence-corrected chi connectivity index (χ3v) is 2.99. The first-order chi connectivity index (χ1) is 9.65. The van der Waals surface area contributed by atoms with E-state index < -0.39 is 0 Å². The Morgan fingerprint density at radius 2 is 1.65 bits per heavy atom. The van der Waals surface area contributed by atoms with E-state index in [-0.39, 0.29) is 11.9 Å². The van der Waals surface area contributed by atoms with Gasteiger partial charge in [-0.1, -0.05) is 31.0 Å². The SMILES string of the molecule is COC(=O)CCCCCCC(=O)N(O)c1ccccc1. The molecule has 0 radical (unpaired) electrons. The first-order valence-corrected chi connectivity index (χ1v) is 6.79. The molecule has 5 heteroatoms. The van der Waals surface area contributed by atoms with Crippen molar-refractivity contribution >= 4 is 17.6 Å². The molecule has 0 aromatic heterocycles. The number of anilines is 1. The number of unbranched alkanes of at least 4 members (excludes halogenated alkanes) is 3. The number of ether oxygens (including phenoxy) is 1. The number of benzene rings is 1. The minimum atomic E-state index is -0.316. The van der Waals surface area contributed by atoms with E-state index in [9.17, 15) is 14.8 Å². The standard InChI is InChI=1S/C15H21NO4/c1-20-15(18)12-8-3-2-7-11-14(17)16(19)13-9-5-4-6-10-13/h4-6,9-10,19H,2-3,7-8,11-12H2,1H3. The monoisotopic (exact) mass is 279 g/mol. The lowest BCUT2D eigenvalue weighted by Gasteiger charge is -2.14. The molecule has 0 aliphatic carbocycles. The first kappa shape index (κ1) is 16.2. The molecule has 1 rings (SSSR count). The van der Waals surface area contributed by atoms with Crippen LogP contribution >= 0.6 is 0 Å². The Hall–Kier alpha value is -1.88. The van der Waals surface area contributed by atoms with Crippen LogP contribution in [0.4, 0.5) is 5.69 Å². The van der Waals surface area contributed by atoms with Crippen molar-refractivity contribution in [2.45, 2.75) is 38.5 Å². The van der Waals surface area contributed by atoms with Crippen molar-refractivity contribution in [3.63, 3.8) is 0 Å². The Morgan fingerprint density at radius 1 is 1.05 bits per heavy atom. The van der Waals surface area contributed by atoms with Gasteiger partial charge in [0.05, 0.1) is 12.8 Å². The fourth-order valence-electron chi connectivity index (χ4n) is 1.82. The summed E-state index contributed by atoms with van der Waals surface area (Å²) in [5, 5.41) is 10.4. The summed E-state index contributed by atoms with van der Waals surface area (Å²) in [4.78, 5) is 22.6. The van der Waals surface area contributed by atoms with Crippen LogP contribution in [0.2, 0.25) is 0 Å². The van der Waals surface area contributed by atoms with Crippen molar-refractivity contribution in [3.05, 3.63) is 30.3 Å². The van der Waals surface area contributed by atoms with Crippen LogP contribution in [0.1, 0.15) is 38.5 Å². The molecule has 0 aliphatic rings. The number of esters is 1. The second kappa shape index (κ2) is 9.09. The topological polar surface area (TPSA) is 66.8 Å². The highest BCUT2D eigenvalue weighted by molar-refractivity contribution is 5.90. The Morgan fingerprint density at radius 3 is 2.25 bits per heavy atom. The third kappa shape index (κ3) is 5.84. The van der Waals surface area contributed by atoms with Crippen LogP contribution in [-0.2, 0) is 14.3 Å². The van der Waals surface area contributed by atoms with Crippen LogP contribution in [-0.4, -0.2) is 24.2 Å². The number of hydrogen-bond donors (Lipinski definition) is 1. The van der Waals surface area contributed by atoms with Crippen molar-refractivity contribution in [2.75, 3.05) is 12.2 Å². The summed E-state index contributed by atoms with van der Waals surface area (Å²) in [5.74, 6) is -0.518. The van der Waals surface area contributed by atoms with Gasteiger partial charge in [0.1, 0.15) is 0 Å². The summed E-state index contributed by atoms with van der Waals surface area (Å²) in [6.07, 6.45) is 3.90. The summed E-state index contributed by atoms with van der Waals surface area (Å²) in [6, 6.07) is 8.70. The highest BCUT2D eigenvalue weighted by atomic mass is 16.5. The molecule has 0 heterocycles. The van der Waals surface area contributed by atoms with E-state index >= 15 is 0 Å². The van der Waals surface area contributed by atoms with Crippen LogP contribution in [0.3, 0.4) is 0 Å². The van der Waals surface area contributed by atoms with E-state index in [1.165, 1.54) is 7.11 Å². The molecule has 0 atom stereocenters. The number of para-hydroxylation sites is 1. The molecule has 1 aromatic rings. The number of carbonyl (C=O) groups is 2. The van der Waals surface area contributed by atoms with Gasteiger partial charge in [0, 0.05) is 12.8 Å². The number of hydroxylamine groups is 1. The van der Waals surface area contributed by atoms with Crippen LogP contribution in [0.25, 0.3) is 0 Å². The second-order valence-electron chi connectivity index (χ2n) is 4.53. The highest BCUT2D eigenvalue weighted by Gasteiger charge is 2.12. The lowest BCUT2D eigenvalue weighted by atomic mass is 10.1. The number of nitrogens with zero attached hydrogens (tertiary/aromatic N) is 1. The van der Waals surface area contributed by atoms with E-state index in [0.29, 0.717) is 30.0 Å². The molecule has 0 bridgehead atoms. The van der Waals surface area contributed by atoms with Crippen molar-refractivity contribution in [1.29, 1.82) is 0 Å². The summed E-state index contributed by atoms with van der Waals surface area (Å²) < 4.78 is 4.54. The van der Waals surface area contributed by atoms with Crippen molar-refractivity contribution < 1.29 is 19.5 Å². The summed E-state index contributed by atoms with van der Waals surface area (Å²) in [5.41, 5.74) is 0.475. The van der Waals surface area contributed by atoms with E-state index in [2.05, 4.69) is 4.74 Å². The first-order valence-electron chi connectivity index (χ1n) is 6.79. The van der Waals surface area contributed by atoms with Gasteiger partial charge in [0.15, 0.2) is 0 Å². The van der Waals surface area contributed by atoms with E-state index in [4.69, 9.17) is 0 Å². The maximum Gasteiger partial charge on any atom is 0.305 e. The Labute approximate surface area is 119 Å². The zero-order valence-corrected chi connectivity index (χ0v) is 11.7. The predicted octanol–water partition coefficient (Wildman–Crippen LogP) is 2.92. The molecule has 5 nitrogen and oxygen atoms in total. The fraction of sp³-hybridized carbons (Fsp3) is 0.467. The summed E-state index contributed by atoms with van der Waals surface area (Å²) in [6.45, 7) is 0. The van der Waals surface area contributed by atoms with Gasteiger partial charge in [-0.15, -0.1) is 0 Å². The molecule has 0 fully saturated rings. The molecule has 0 aliphatic heterocycles. The van der Waals surface area contributed by atoms with Gasteiger partial charge in [0.25, 0.3) is 5.91 Å². The van der Waals surface area contributed by atoms with Gasteiger partial charge < -0.3 is 4.74 Å². The second-order valence-corrected chi connectivity index (χ2v) is 4.53. The van der Waals surface area contributed by atoms with Gasteiger partial charge in [-0.3, -0.25) is 14.8 Å². The third-order valence-electron chi connectivity index (χ3n) is 2.99. The van der Waals surface area contributed by atoms with Gasteiger partial charge in [-0.2, -0.15) is 5.06 Å². The number of methoxy groups -OCH3 is 1. The molecule has 0 spiro atoms. The molecule has 1 aromatic carbocycles. The number of amides is 1. The number of hydrogen-bond acceptors (Lipinski definition) is 4. The molecule has 110 valence electrons. The van der Waals surface area contributed by atoms with Gasteiger partial charge in [0.2, 0.25) is 0 Å². The molecule has 0 unspecified atom stereocenters. The van der Waals surface area contributed by atoms with Crippen molar-refractivity contribution in [2.24, 2.45) is 0 Å². The van der Waals surface area contributed by atoms with Gasteiger partial charge in [-0.25, -0.2) is 0 Å². The number of carbonyl (C=O) groups excluding carboxylic acids is 2. The van der Waals surface area contributed by atoms with Gasteiger partial charge >= 0.3 is 5.97 Å². The maximum atomic E-state index is 11.7. The Kier molecular flexibility index (Phi) is 7.35. The van der Waals surface area contributed by atoms with E-state index in [0.717, 1.165) is 19.3 Å². The summed E-state index contributed by atoms with van der Waals surface area (Å²) in [7, 11) is 1.38. The largest absolute Gasteiger partial charge is 0.469 e. The molecule has 1 N–H and O–H groups in total. The molecular formula is C15H21NO4. The summed E-state index contributed by atoms with van der Waals surface area (Å²) >= 11 is 0. The molecule has 0 saturated carbocycles. The maximum absolute atomic E-state index is 11.7. The highest BCUT2D eigenvalue weighted by Crippen LogP contribution is 2.14. The Balaban J connectivity index is 2.16. The lowest BCUT2D eigenvalue weighted by molar-refractivity contribution is -0.140. The zero-order chi connectivity index (χ0) is 14.8. The van der Waals surface area contributed by atoms with Crippen LogP contribution in [0, 0.1) is 0 Å². The molecule has 1 amide bonds. The average molecular weight is 279 g/mol. The zero-order valence-electron chi connectivity index (χ0n) is 11.7. The van der Waals surface area contributed by atoms with Crippen molar-refractivity contribution in [1.82, 2.24) is 0 Å². The predicted molar refractivity (Wildman–Crippen MR) is 75.4 cm³/mol. The minimum absolute atomic E-state index is 0.202. The average Bonchev–Trinajstić information content (AvgIpc) is 2.50. The number of rotatable bonds is 8. The van der Waals surface area contributed by atoms with E-state index in [1.54, 1.807) is 24.3 Å². The Bertz CT molecular complexity index is 419. The quantitative estimate of drug-likeness (QED) is 0.344. The minimum Gasteiger partial charge on any atom is -0.469 e. The van der Waals surface area contributed by atoms with Crippen molar-refractivity contribution in [3.8, 4) is 0 Å². The smallest absolute Gasteiger partial charge is 0.305 e. The van der Waals surface area contributed by atoms with E-state index in [1.807, 2.05) is 6.07 Å². The molecular weight excluding hydrogens is 258 g/mol. The lowest BCUT2D eigenvalue weighted by Crippen LogP contribution is -2.26. The fourth-order valence-corrected chi connectivity index (χ4v) is 1.82. The molecule has 20 heavy (non-hydrogen) atoms. The van der Waals surface area contributed by atoms with Crippen LogP contribution in [0.15, 0.2) is 30.3 Å². The normalized spacial score (nSPS) is 10.1. The molecule has 0 saturated heterocycles. The van der Waals surface area contributed by atoms with Crippen LogP contribution < -0.4 is 5.06 Å².